The lowest BCUT2D eigenvalue weighted by molar-refractivity contribution is 0.00547. The molecule has 2 aliphatic rings. The van der Waals surface area contributed by atoms with Crippen molar-refractivity contribution in [3.8, 4) is 0 Å². The number of ether oxygens (including phenoxy) is 1. The van der Waals surface area contributed by atoms with Crippen molar-refractivity contribution >= 4 is 5.91 Å². The van der Waals surface area contributed by atoms with Crippen molar-refractivity contribution in [3.05, 3.63) is 18.0 Å². The van der Waals surface area contributed by atoms with Crippen LogP contribution < -0.4 is 0 Å². The predicted molar refractivity (Wildman–Crippen MR) is 88.3 cm³/mol. The SMILES string of the molecule is CC(C)N1CCOCC2(CCCN(C(=O)c3ccn(C)n3)C2)C1. The van der Waals surface area contributed by atoms with Crippen LogP contribution in [-0.2, 0) is 11.8 Å². The third kappa shape index (κ3) is 3.58. The molecule has 0 aromatic carbocycles. The number of aromatic nitrogens is 2. The second-order valence-electron chi connectivity index (χ2n) is 7.32. The Hall–Kier alpha value is -1.40. The number of amides is 1. The first-order chi connectivity index (χ1) is 11.0. The molecule has 1 amide bonds. The number of nitrogens with zero attached hydrogens (tertiary/aromatic N) is 4. The highest BCUT2D eigenvalue weighted by atomic mass is 16.5. The van der Waals surface area contributed by atoms with Crippen molar-refractivity contribution in [2.75, 3.05) is 39.4 Å². The Bertz CT molecular complexity index is 557. The molecule has 1 unspecified atom stereocenters. The summed E-state index contributed by atoms with van der Waals surface area (Å²) in [6.45, 7) is 9.59. The molecule has 1 atom stereocenters. The van der Waals surface area contributed by atoms with Gasteiger partial charge < -0.3 is 9.64 Å². The van der Waals surface area contributed by atoms with Crippen molar-refractivity contribution < 1.29 is 9.53 Å². The molecule has 0 radical (unpaired) electrons. The second-order valence-corrected chi connectivity index (χ2v) is 7.32. The number of hydrogen-bond donors (Lipinski definition) is 0. The lowest BCUT2D eigenvalue weighted by Gasteiger charge is -2.44. The molecule has 1 aromatic heterocycles. The molecule has 6 heteroatoms. The molecule has 23 heavy (non-hydrogen) atoms. The molecule has 3 rings (SSSR count). The minimum Gasteiger partial charge on any atom is -0.379 e. The van der Waals surface area contributed by atoms with Gasteiger partial charge in [0.15, 0.2) is 0 Å². The van der Waals surface area contributed by atoms with Crippen LogP contribution in [0.15, 0.2) is 12.3 Å². The average molecular weight is 320 g/mol. The van der Waals surface area contributed by atoms with E-state index in [1.165, 1.54) is 0 Å². The fraction of sp³-hybridized carbons (Fsp3) is 0.765. The fourth-order valence-electron chi connectivity index (χ4n) is 3.79. The Balaban J connectivity index is 1.75. The van der Waals surface area contributed by atoms with E-state index in [0.29, 0.717) is 11.7 Å². The van der Waals surface area contributed by atoms with E-state index in [9.17, 15) is 4.79 Å². The highest BCUT2D eigenvalue weighted by Gasteiger charge is 2.41. The van der Waals surface area contributed by atoms with E-state index < -0.39 is 0 Å². The predicted octanol–water partition coefficient (Wildman–Crippen LogP) is 1.38. The zero-order valence-corrected chi connectivity index (χ0v) is 14.5. The van der Waals surface area contributed by atoms with Crippen LogP contribution in [0, 0.1) is 5.41 Å². The van der Waals surface area contributed by atoms with E-state index in [1.54, 1.807) is 10.7 Å². The summed E-state index contributed by atoms with van der Waals surface area (Å²) in [5, 5.41) is 4.26. The van der Waals surface area contributed by atoms with Gasteiger partial charge in [-0.05, 0) is 32.8 Å². The van der Waals surface area contributed by atoms with E-state index >= 15 is 0 Å². The molecular formula is C17H28N4O2. The highest BCUT2D eigenvalue weighted by Crippen LogP contribution is 2.34. The van der Waals surface area contributed by atoms with Gasteiger partial charge in [0.05, 0.1) is 13.2 Å². The summed E-state index contributed by atoms with van der Waals surface area (Å²) in [5.41, 5.74) is 0.600. The van der Waals surface area contributed by atoms with E-state index in [2.05, 4.69) is 23.8 Å². The van der Waals surface area contributed by atoms with Crippen LogP contribution in [0.5, 0.6) is 0 Å². The van der Waals surface area contributed by atoms with Gasteiger partial charge in [-0.15, -0.1) is 0 Å². The van der Waals surface area contributed by atoms with Crippen molar-refractivity contribution in [1.29, 1.82) is 0 Å². The maximum absolute atomic E-state index is 12.7. The summed E-state index contributed by atoms with van der Waals surface area (Å²) >= 11 is 0. The molecule has 2 fully saturated rings. The van der Waals surface area contributed by atoms with Crippen molar-refractivity contribution in [2.24, 2.45) is 12.5 Å². The molecule has 2 saturated heterocycles. The quantitative estimate of drug-likeness (QED) is 0.826. The summed E-state index contributed by atoms with van der Waals surface area (Å²) in [5.74, 6) is 0.0463. The summed E-state index contributed by atoms with van der Waals surface area (Å²) in [6.07, 6.45) is 3.98. The molecule has 128 valence electrons. The lowest BCUT2D eigenvalue weighted by Crippen LogP contribution is -2.53. The van der Waals surface area contributed by atoms with Gasteiger partial charge in [0.1, 0.15) is 5.69 Å². The van der Waals surface area contributed by atoms with E-state index in [0.717, 1.165) is 52.2 Å². The molecule has 1 aromatic rings. The third-order valence-electron chi connectivity index (χ3n) is 5.08. The van der Waals surface area contributed by atoms with Crippen LogP contribution in [0.4, 0.5) is 0 Å². The van der Waals surface area contributed by atoms with Crippen LogP contribution in [-0.4, -0.2) is 70.9 Å². The Morgan fingerprint density at radius 3 is 2.87 bits per heavy atom. The van der Waals surface area contributed by atoms with Gasteiger partial charge in [-0.3, -0.25) is 14.4 Å². The minimum absolute atomic E-state index is 0.0463. The van der Waals surface area contributed by atoms with Crippen molar-refractivity contribution in [1.82, 2.24) is 19.6 Å². The second kappa shape index (κ2) is 6.61. The zero-order valence-electron chi connectivity index (χ0n) is 14.5. The third-order valence-corrected chi connectivity index (χ3v) is 5.08. The van der Waals surface area contributed by atoms with E-state index in [-0.39, 0.29) is 11.3 Å². The largest absolute Gasteiger partial charge is 0.379 e. The van der Waals surface area contributed by atoms with Gasteiger partial charge in [0.2, 0.25) is 0 Å². The van der Waals surface area contributed by atoms with E-state index in [1.807, 2.05) is 18.1 Å². The molecule has 1 spiro atoms. The Morgan fingerprint density at radius 2 is 2.17 bits per heavy atom. The molecule has 0 bridgehead atoms. The molecular weight excluding hydrogens is 292 g/mol. The van der Waals surface area contributed by atoms with Crippen LogP contribution in [0.1, 0.15) is 37.2 Å². The van der Waals surface area contributed by atoms with Crippen molar-refractivity contribution in [3.63, 3.8) is 0 Å². The number of piperidine rings is 1. The molecule has 3 heterocycles. The number of aryl methyl sites for hydroxylation is 1. The Morgan fingerprint density at radius 1 is 1.35 bits per heavy atom. The molecule has 2 aliphatic heterocycles. The van der Waals surface area contributed by atoms with Gasteiger partial charge in [-0.2, -0.15) is 5.10 Å². The van der Waals surface area contributed by atoms with Gasteiger partial charge in [-0.1, -0.05) is 0 Å². The molecule has 0 N–H and O–H groups in total. The number of rotatable bonds is 2. The standard InChI is InChI=1S/C17H28N4O2/c1-14(2)20-9-10-23-13-17(11-20)6-4-7-21(12-17)16(22)15-5-8-19(3)18-15/h5,8,14H,4,6-7,9-13H2,1-3H3. The van der Waals surface area contributed by atoms with Crippen LogP contribution in [0.25, 0.3) is 0 Å². The number of carbonyl (C=O) groups is 1. The average Bonchev–Trinajstić information content (AvgIpc) is 2.85. The van der Waals surface area contributed by atoms with Crippen LogP contribution in [0.3, 0.4) is 0 Å². The monoisotopic (exact) mass is 320 g/mol. The first-order valence-electron chi connectivity index (χ1n) is 8.60. The summed E-state index contributed by atoms with van der Waals surface area (Å²) in [4.78, 5) is 17.2. The summed E-state index contributed by atoms with van der Waals surface area (Å²) in [6, 6.07) is 2.31. The Labute approximate surface area is 138 Å². The highest BCUT2D eigenvalue weighted by molar-refractivity contribution is 5.92. The summed E-state index contributed by atoms with van der Waals surface area (Å²) in [7, 11) is 1.84. The minimum atomic E-state index is 0.0463. The van der Waals surface area contributed by atoms with Crippen LogP contribution >= 0.6 is 0 Å². The van der Waals surface area contributed by atoms with Crippen molar-refractivity contribution in [2.45, 2.75) is 32.7 Å². The fourth-order valence-corrected chi connectivity index (χ4v) is 3.79. The topological polar surface area (TPSA) is 50.6 Å². The maximum atomic E-state index is 12.7. The number of hydrogen-bond acceptors (Lipinski definition) is 4. The van der Waals surface area contributed by atoms with E-state index in [4.69, 9.17) is 4.74 Å². The first-order valence-corrected chi connectivity index (χ1v) is 8.60. The molecule has 6 nitrogen and oxygen atoms in total. The number of carbonyl (C=O) groups excluding carboxylic acids is 1. The van der Waals surface area contributed by atoms with Crippen LogP contribution in [0.2, 0.25) is 0 Å². The van der Waals surface area contributed by atoms with Gasteiger partial charge in [0, 0.05) is 50.9 Å². The smallest absolute Gasteiger partial charge is 0.274 e. The first kappa shape index (κ1) is 16.5. The van der Waals surface area contributed by atoms with Gasteiger partial charge in [0.25, 0.3) is 5.91 Å². The normalized spacial score (nSPS) is 26.7. The molecule has 0 aliphatic carbocycles. The van der Waals surface area contributed by atoms with Gasteiger partial charge >= 0.3 is 0 Å². The summed E-state index contributed by atoms with van der Waals surface area (Å²) < 4.78 is 7.59. The lowest BCUT2D eigenvalue weighted by atomic mass is 9.79. The Kier molecular flexibility index (Phi) is 4.73. The zero-order chi connectivity index (χ0) is 16.4. The van der Waals surface area contributed by atoms with Gasteiger partial charge in [-0.25, -0.2) is 0 Å². The molecule has 0 saturated carbocycles. The number of likely N-dealkylation sites (tertiary alicyclic amines) is 1. The maximum Gasteiger partial charge on any atom is 0.274 e.